The maximum absolute atomic E-state index is 14.3. The van der Waals surface area contributed by atoms with Crippen LogP contribution in [0.4, 0.5) is 13.2 Å². The molecular weight excluding hydrogens is 421 g/mol. The Morgan fingerprint density at radius 3 is 2.50 bits per heavy atom. The van der Waals surface area contributed by atoms with Crippen molar-refractivity contribution in [2.75, 3.05) is 19.7 Å². The number of amides is 1. The van der Waals surface area contributed by atoms with Gasteiger partial charge in [-0.15, -0.1) is 0 Å². The monoisotopic (exact) mass is 438 g/mol. The van der Waals surface area contributed by atoms with Gasteiger partial charge in [0.05, 0.1) is 17.2 Å². The summed E-state index contributed by atoms with van der Waals surface area (Å²) in [4.78, 5) is 12.1. The van der Waals surface area contributed by atoms with Crippen molar-refractivity contribution in [2.24, 2.45) is 17.8 Å². The number of carbonyl (C=O) groups is 1. The van der Waals surface area contributed by atoms with Gasteiger partial charge in [-0.3, -0.25) is 4.79 Å². The maximum atomic E-state index is 14.3. The fourth-order valence-corrected chi connectivity index (χ4v) is 5.27. The highest BCUT2D eigenvalue weighted by atomic mass is 35.5. The van der Waals surface area contributed by atoms with Crippen LogP contribution >= 0.6 is 11.6 Å². The second-order valence-corrected chi connectivity index (χ2v) is 9.57. The Bertz CT molecular complexity index is 909. The lowest BCUT2D eigenvalue weighted by atomic mass is 10.0. The van der Waals surface area contributed by atoms with E-state index in [2.05, 4.69) is 0 Å². The Balaban J connectivity index is 1.38. The van der Waals surface area contributed by atoms with Crippen molar-refractivity contribution in [2.45, 2.75) is 25.2 Å². The van der Waals surface area contributed by atoms with E-state index in [-0.39, 0.29) is 23.3 Å². The van der Waals surface area contributed by atoms with Crippen LogP contribution in [0.15, 0.2) is 12.1 Å². The summed E-state index contributed by atoms with van der Waals surface area (Å²) in [7, 11) is -4.01. The molecule has 3 atom stereocenters. The number of hydrogen-bond donors (Lipinski definition) is 1. The van der Waals surface area contributed by atoms with E-state index in [4.69, 9.17) is 16.3 Å². The van der Waals surface area contributed by atoms with E-state index in [1.54, 1.807) is 4.72 Å². The first-order valence-corrected chi connectivity index (χ1v) is 10.7. The molecule has 0 spiro atoms. The largest absolute Gasteiger partial charge is 0.492 e. The summed E-state index contributed by atoms with van der Waals surface area (Å²) in [5, 5.41) is -0.0682. The van der Waals surface area contributed by atoms with Crippen molar-refractivity contribution in [1.29, 1.82) is 0 Å². The van der Waals surface area contributed by atoms with Gasteiger partial charge >= 0.3 is 10.2 Å². The number of fused-ring (bicyclic) bond motifs is 1. The first-order valence-electron chi connectivity index (χ1n) is 8.91. The van der Waals surface area contributed by atoms with Gasteiger partial charge in [0.25, 0.3) is 11.8 Å². The molecule has 1 aromatic rings. The zero-order valence-electron chi connectivity index (χ0n) is 14.6. The van der Waals surface area contributed by atoms with Crippen LogP contribution in [0.5, 0.6) is 5.75 Å². The summed E-state index contributed by atoms with van der Waals surface area (Å²) >= 11 is 6.03. The molecule has 2 aliphatic carbocycles. The Hall–Kier alpha value is -1.52. The smallest absolute Gasteiger partial charge is 0.304 e. The lowest BCUT2D eigenvalue weighted by Gasteiger charge is -2.29. The zero-order valence-corrected chi connectivity index (χ0v) is 16.2. The molecule has 0 aromatic heterocycles. The Kier molecular flexibility index (Phi) is 4.79. The topological polar surface area (TPSA) is 75.7 Å². The fourth-order valence-electron chi connectivity index (χ4n) is 3.84. The van der Waals surface area contributed by atoms with Crippen molar-refractivity contribution in [3.63, 3.8) is 0 Å². The number of alkyl halides is 2. The highest BCUT2D eigenvalue weighted by Gasteiger charge is 2.71. The number of ether oxygens (including phenoxy) is 1. The molecule has 1 N–H and O–H groups in total. The van der Waals surface area contributed by atoms with Crippen LogP contribution in [0.2, 0.25) is 5.02 Å². The van der Waals surface area contributed by atoms with Gasteiger partial charge in [-0.25, -0.2) is 17.9 Å². The van der Waals surface area contributed by atoms with E-state index in [9.17, 15) is 26.4 Å². The van der Waals surface area contributed by atoms with Crippen molar-refractivity contribution in [3.8, 4) is 5.75 Å². The van der Waals surface area contributed by atoms with Crippen LogP contribution < -0.4 is 9.46 Å². The molecule has 1 heterocycles. The second kappa shape index (κ2) is 6.77. The first-order chi connectivity index (χ1) is 13.1. The van der Waals surface area contributed by atoms with Gasteiger partial charge in [-0.2, -0.15) is 12.7 Å². The number of hydrogen-bond acceptors (Lipinski definition) is 4. The van der Waals surface area contributed by atoms with E-state index >= 15 is 0 Å². The number of rotatable bonds is 6. The lowest BCUT2D eigenvalue weighted by Crippen LogP contribution is -2.49. The van der Waals surface area contributed by atoms with Gasteiger partial charge in [0, 0.05) is 31.0 Å². The van der Waals surface area contributed by atoms with Crippen LogP contribution in [-0.4, -0.2) is 44.2 Å². The number of benzene rings is 1. The molecule has 28 heavy (non-hydrogen) atoms. The molecule has 1 aliphatic heterocycles. The van der Waals surface area contributed by atoms with E-state index in [1.165, 1.54) is 0 Å². The van der Waals surface area contributed by atoms with E-state index in [0.29, 0.717) is 32.4 Å². The molecule has 0 radical (unpaired) electrons. The summed E-state index contributed by atoms with van der Waals surface area (Å²) in [6.45, 7) is 0.720. The van der Waals surface area contributed by atoms with Gasteiger partial charge in [-0.05, 0) is 31.2 Å². The SMILES string of the molecule is O=C(NS(=O)(=O)N1CCC1)c1cc(Cl)c(OC[C@@H]2C[C@@H]3[C@H](C2)C3(F)F)cc1F. The average molecular weight is 439 g/mol. The quantitative estimate of drug-likeness (QED) is 0.741. The summed E-state index contributed by atoms with van der Waals surface area (Å²) in [6.07, 6.45) is 1.40. The second-order valence-electron chi connectivity index (χ2n) is 7.49. The van der Waals surface area contributed by atoms with Crippen LogP contribution in [0, 0.1) is 23.6 Å². The minimum Gasteiger partial charge on any atom is -0.492 e. The van der Waals surface area contributed by atoms with Gasteiger partial charge in [-0.1, -0.05) is 11.6 Å². The summed E-state index contributed by atoms with van der Waals surface area (Å²) in [5.74, 6) is -5.94. The van der Waals surface area contributed by atoms with Gasteiger partial charge in [0.2, 0.25) is 0 Å². The Morgan fingerprint density at radius 2 is 1.93 bits per heavy atom. The number of carbonyl (C=O) groups excluding carboxylic acids is 1. The van der Waals surface area contributed by atoms with E-state index in [1.807, 2.05) is 0 Å². The molecule has 3 fully saturated rings. The molecule has 3 aliphatic rings. The first kappa shape index (κ1) is 19.8. The fraction of sp³-hybridized carbons (Fsp3) is 0.588. The van der Waals surface area contributed by atoms with Crippen LogP contribution in [-0.2, 0) is 10.2 Å². The van der Waals surface area contributed by atoms with E-state index in [0.717, 1.165) is 16.4 Å². The zero-order chi connectivity index (χ0) is 20.3. The summed E-state index contributed by atoms with van der Waals surface area (Å²) in [5.41, 5.74) is -0.525. The van der Waals surface area contributed by atoms with Crippen LogP contribution in [0.25, 0.3) is 0 Å². The number of nitrogens with one attached hydrogen (secondary N) is 1. The van der Waals surface area contributed by atoms with Gasteiger partial charge in [0.1, 0.15) is 11.6 Å². The van der Waals surface area contributed by atoms with Crippen molar-refractivity contribution in [1.82, 2.24) is 9.03 Å². The average Bonchev–Trinajstić information content (AvgIpc) is 2.91. The maximum Gasteiger partial charge on any atom is 0.304 e. The molecule has 0 bridgehead atoms. The lowest BCUT2D eigenvalue weighted by molar-refractivity contribution is 0.0580. The molecule has 2 saturated carbocycles. The summed E-state index contributed by atoms with van der Waals surface area (Å²) in [6, 6.07) is 1.89. The molecule has 0 unspecified atom stereocenters. The van der Waals surface area contributed by atoms with Crippen molar-refractivity contribution < 1.29 is 31.1 Å². The standard InChI is InChI=1S/C17H18ClF3N2O4S/c18-13-6-10(16(24)22-28(25,26)23-2-1-3-23)14(19)7-15(13)27-8-9-4-11-12(5-9)17(11,20)21/h6-7,9,11-12H,1-5,8H2,(H,22,24)/t9-,11-,12+. The minimum atomic E-state index is -4.01. The predicted octanol–water partition coefficient (Wildman–Crippen LogP) is 2.83. The third kappa shape index (κ3) is 3.46. The molecular formula is C17H18ClF3N2O4S. The molecule has 6 nitrogen and oxygen atoms in total. The third-order valence-electron chi connectivity index (χ3n) is 5.66. The molecule has 1 amide bonds. The summed E-state index contributed by atoms with van der Waals surface area (Å²) < 4.78 is 73.0. The molecule has 4 rings (SSSR count). The highest BCUT2D eigenvalue weighted by molar-refractivity contribution is 7.87. The molecule has 1 saturated heterocycles. The number of halogens is 4. The predicted molar refractivity (Wildman–Crippen MR) is 94.1 cm³/mol. The normalized spacial score (nSPS) is 28.4. The van der Waals surface area contributed by atoms with Crippen molar-refractivity contribution >= 4 is 27.7 Å². The molecule has 1 aromatic carbocycles. The van der Waals surface area contributed by atoms with E-state index < -0.39 is 45.3 Å². The highest BCUT2D eigenvalue weighted by Crippen LogP contribution is 2.65. The van der Waals surface area contributed by atoms with Crippen LogP contribution in [0.3, 0.4) is 0 Å². The van der Waals surface area contributed by atoms with Crippen molar-refractivity contribution in [3.05, 3.63) is 28.5 Å². The Morgan fingerprint density at radius 1 is 1.29 bits per heavy atom. The Labute approximate surface area is 165 Å². The number of nitrogens with zero attached hydrogens (tertiary/aromatic N) is 1. The molecule has 154 valence electrons. The van der Waals surface area contributed by atoms with Gasteiger partial charge in [0.15, 0.2) is 0 Å². The minimum absolute atomic E-state index is 0.0198. The van der Waals surface area contributed by atoms with Gasteiger partial charge < -0.3 is 4.74 Å². The van der Waals surface area contributed by atoms with Crippen LogP contribution in [0.1, 0.15) is 29.6 Å². The molecule has 11 heteroatoms. The third-order valence-corrected chi connectivity index (χ3v) is 7.44.